The summed E-state index contributed by atoms with van der Waals surface area (Å²) in [5, 5.41) is 13.2. The number of carboxylic acid groups (broad SMARTS) is 1. The molecule has 2 N–H and O–H groups in total. The summed E-state index contributed by atoms with van der Waals surface area (Å²) in [6, 6.07) is 21.4. The third-order valence-electron chi connectivity index (χ3n) is 8.98. The second-order valence-electron chi connectivity index (χ2n) is 11.9. The summed E-state index contributed by atoms with van der Waals surface area (Å²) in [6.45, 7) is 5.48. The van der Waals surface area contributed by atoms with Gasteiger partial charge in [0, 0.05) is 50.5 Å². The summed E-state index contributed by atoms with van der Waals surface area (Å²) in [6.07, 6.45) is 1.05. The fourth-order valence-electron chi connectivity index (χ4n) is 6.23. The van der Waals surface area contributed by atoms with Crippen molar-refractivity contribution in [3.8, 4) is 0 Å². The van der Waals surface area contributed by atoms with Crippen LogP contribution in [0.15, 0.2) is 71.1 Å². The Morgan fingerprint density at radius 1 is 1.02 bits per heavy atom. The number of carbonyl (C=O) groups is 3. The number of aliphatic carboxylic acids is 1. The third kappa shape index (κ3) is 6.90. The van der Waals surface area contributed by atoms with Crippen LogP contribution in [0.5, 0.6) is 0 Å². The predicted octanol–water partition coefficient (Wildman–Crippen LogP) is 4.30. The van der Waals surface area contributed by atoms with Crippen molar-refractivity contribution in [1.29, 1.82) is 0 Å². The van der Waals surface area contributed by atoms with Gasteiger partial charge in [-0.3, -0.25) is 19.3 Å². The molecule has 3 heterocycles. The number of para-hydroxylation sites is 1. The molecule has 11 nitrogen and oxygen atoms in total. The second-order valence-corrected chi connectivity index (χ2v) is 11.9. The van der Waals surface area contributed by atoms with E-state index in [1.165, 1.54) is 0 Å². The van der Waals surface area contributed by atoms with E-state index in [0.29, 0.717) is 55.6 Å². The van der Waals surface area contributed by atoms with Crippen molar-refractivity contribution in [1.82, 2.24) is 14.8 Å². The van der Waals surface area contributed by atoms with E-state index in [4.69, 9.17) is 9.15 Å². The minimum absolute atomic E-state index is 0.0598. The number of nitrogens with one attached hydrogen (secondary N) is 1. The number of ether oxygens (including phenoxy) is 1. The van der Waals surface area contributed by atoms with Crippen LogP contribution in [0.1, 0.15) is 29.5 Å². The first-order valence-electron chi connectivity index (χ1n) is 15.7. The SMILES string of the molecule is CCc1ccccc1Nc1nc2ccc(CC(=O)N(C)c3ccc(C4CN(C(=O)CN5CCOCC5)CC4C(=O)O)cc3)cc2o1. The molecule has 2 aliphatic heterocycles. The number of likely N-dealkylation sites (tertiary alicyclic amines) is 1. The lowest BCUT2D eigenvalue weighted by Crippen LogP contribution is -2.44. The monoisotopic (exact) mass is 625 g/mol. The zero-order chi connectivity index (χ0) is 32.2. The molecule has 240 valence electrons. The van der Waals surface area contributed by atoms with Crippen molar-refractivity contribution in [3.63, 3.8) is 0 Å². The Morgan fingerprint density at radius 3 is 2.52 bits per heavy atom. The average Bonchev–Trinajstić information content (AvgIpc) is 3.70. The largest absolute Gasteiger partial charge is 0.481 e. The van der Waals surface area contributed by atoms with Crippen molar-refractivity contribution in [2.45, 2.75) is 25.7 Å². The number of likely N-dealkylation sites (N-methyl/N-ethyl adjacent to an activating group) is 1. The molecular formula is C35H39N5O6. The molecular weight excluding hydrogens is 586 g/mol. The molecule has 11 heteroatoms. The van der Waals surface area contributed by atoms with Crippen LogP contribution in [0.25, 0.3) is 11.1 Å². The highest BCUT2D eigenvalue weighted by Gasteiger charge is 2.40. The smallest absolute Gasteiger partial charge is 0.308 e. The Bertz CT molecular complexity index is 1710. The van der Waals surface area contributed by atoms with Gasteiger partial charge in [0.05, 0.1) is 32.1 Å². The first-order chi connectivity index (χ1) is 22.3. The molecule has 2 unspecified atom stereocenters. The summed E-state index contributed by atoms with van der Waals surface area (Å²) in [5.74, 6) is -2.10. The van der Waals surface area contributed by atoms with Crippen molar-refractivity contribution in [2.75, 3.05) is 63.2 Å². The highest BCUT2D eigenvalue weighted by molar-refractivity contribution is 5.94. The van der Waals surface area contributed by atoms with Crippen LogP contribution in [-0.2, 0) is 32.0 Å². The molecule has 2 fully saturated rings. The second kappa shape index (κ2) is 13.7. The Labute approximate surface area is 267 Å². The fourth-order valence-corrected chi connectivity index (χ4v) is 6.23. The molecule has 2 atom stereocenters. The van der Waals surface area contributed by atoms with Crippen LogP contribution in [0.3, 0.4) is 0 Å². The fraction of sp³-hybridized carbons (Fsp3) is 0.371. The molecule has 0 aliphatic carbocycles. The summed E-state index contributed by atoms with van der Waals surface area (Å²) < 4.78 is 11.3. The normalized spacial score (nSPS) is 18.5. The number of carboxylic acids is 1. The lowest BCUT2D eigenvalue weighted by molar-refractivity contribution is -0.142. The molecule has 4 aromatic rings. The molecule has 0 spiro atoms. The molecule has 0 radical (unpaired) electrons. The average molecular weight is 626 g/mol. The first kappa shape index (κ1) is 31.3. The molecule has 3 aromatic carbocycles. The summed E-state index contributed by atoms with van der Waals surface area (Å²) in [7, 11) is 1.72. The number of aromatic nitrogens is 1. The Morgan fingerprint density at radius 2 is 1.78 bits per heavy atom. The lowest BCUT2D eigenvalue weighted by atomic mass is 9.89. The van der Waals surface area contributed by atoms with Gasteiger partial charge in [-0.25, -0.2) is 0 Å². The van der Waals surface area contributed by atoms with E-state index < -0.39 is 11.9 Å². The topological polar surface area (TPSA) is 128 Å². The lowest BCUT2D eigenvalue weighted by Gasteiger charge is -2.28. The number of aryl methyl sites for hydroxylation is 1. The Balaban J connectivity index is 1.09. The van der Waals surface area contributed by atoms with Gasteiger partial charge < -0.3 is 29.4 Å². The molecule has 0 bridgehead atoms. The van der Waals surface area contributed by atoms with Crippen molar-refractivity contribution < 1.29 is 28.6 Å². The van der Waals surface area contributed by atoms with Gasteiger partial charge in [-0.2, -0.15) is 4.98 Å². The summed E-state index contributed by atoms with van der Waals surface area (Å²) in [5.41, 5.74) is 5.73. The standard InChI is InChI=1S/C35H39N5O6/c1-3-24-6-4-5-7-29(24)36-35-37-30-13-8-23(18-31(30)46-35)19-32(41)38(2)26-11-9-25(10-12-26)27-20-40(21-28(27)34(43)44)33(42)22-39-14-16-45-17-15-39/h4-13,18,27-28H,3,14-17,19-22H2,1-2H3,(H,36,37)(H,43,44). The predicted molar refractivity (Wildman–Crippen MR) is 174 cm³/mol. The summed E-state index contributed by atoms with van der Waals surface area (Å²) >= 11 is 0. The van der Waals surface area contributed by atoms with E-state index in [-0.39, 0.29) is 37.2 Å². The number of hydrogen-bond donors (Lipinski definition) is 2. The van der Waals surface area contributed by atoms with Gasteiger partial charge in [0.1, 0.15) is 5.52 Å². The van der Waals surface area contributed by atoms with E-state index >= 15 is 0 Å². The molecule has 6 rings (SSSR count). The van der Waals surface area contributed by atoms with Gasteiger partial charge in [-0.05, 0) is 53.4 Å². The Hall–Kier alpha value is -4.74. The molecule has 2 saturated heterocycles. The van der Waals surface area contributed by atoms with Crippen molar-refractivity contribution >= 4 is 46.3 Å². The van der Waals surface area contributed by atoms with Crippen LogP contribution in [-0.4, -0.2) is 90.7 Å². The quantitative estimate of drug-likeness (QED) is 0.265. The van der Waals surface area contributed by atoms with E-state index in [9.17, 15) is 19.5 Å². The van der Waals surface area contributed by atoms with E-state index in [2.05, 4.69) is 23.3 Å². The minimum atomic E-state index is -0.916. The van der Waals surface area contributed by atoms with Gasteiger partial charge in [0.25, 0.3) is 6.01 Å². The number of rotatable bonds is 10. The number of fused-ring (bicyclic) bond motifs is 1. The van der Waals surface area contributed by atoms with Crippen molar-refractivity contribution in [3.05, 3.63) is 83.4 Å². The third-order valence-corrected chi connectivity index (χ3v) is 8.98. The van der Waals surface area contributed by atoms with Gasteiger partial charge in [-0.1, -0.05) is 43.3 Å². The number of carbonyl (C=O) groups excluding carboxylic acids is 2. The van der Waals surface area contributed by atoms with Gasteiger partial charge in [-0.15, -0.1) is 0 Å². The molecule has 2 aliphatic rings. The first-order valence-corrected chi connectivity index (χ1v) is 15.7. The highest BCUT2D eigenvalue weighted by atomic mass is 16.5. The van der Waals surface area contributed by atoms with Crippen LogP contribution >= 0.6 is 0 Å². The molecule has 1 aromatic heterocycles. The number of benzene rings is 3. The molecule has 2 amide bonds. The maximum Gasteiger partial charge on any atom is 0.308 e. The van der Waals surface area contributed by atoms with Crippen molar-refractivity contribution in [2.24, 2.45) is 5.92 Å². The van der Waals surface area contributed by atoms with Crippen LogP contribution in [0.2, 0.25) is 0 Å². The number of hydrogen-bond acceptors (Lipinski definition) is 8. The van der Waals surface area contributed by atoms with Gasteiger partial charge in [0.15, 0.2) is 5.58 Å². The molecule has 46 heavy (non-hydrogen) atoms. The number of oxazole rings is 1. The van der Waals surface area contributed by atoms with Crippen LogP contribution in [0.4, 0.5) is 17.4 Å². The Kier molecular flexibility index (Phi) is 9.32. The zero-order valence-corrected chi connectivity index (χ0v) is 26.1. The van der Waals surface area contributed by atoms with Gasteiger partial charge in [0.2, 0.25) is 11.8 Å². The van der Waals surface area contributed by atoms with Gasteiger partial charge >= 0.3 is 5.97 Å². The van der Waals surface area contributed by atoms with Crippen LogP contribution in [0, 0.1) is 5.92 Å². The maximum atomic E-state index is 13.3. The van der Waals surface area contributed by atoms with E-state index in [1.54, 1.807) is 16.8 Å². The summed E-state index contributed by atoms with van der Waals surface area (Å²) in [4.78, 5) is 48.2. The van der Waals surface area contributed by atoms with E-state index in [0.717, 1.165) is 28.8 Å². The number of nitrogens with zero attached hydrogens (tertiary/aromatic N) is 4. The zero-order valence-electron chi connectivity index (χ0n) is 26.1. The maximum absolute atomic E-state index is 13.3. The molecule has 0 saturated carbocycles. The van der Waals surface area contributed by atoms with Crippen LogP contribution < -0.4 is 10.2 Å². The minimum Gasteiger partial charge on any atom is -0.481 e. The number of amides is 2. The number of anilines is 3. The number of morpholine rings is 1. The van der Waals surface area contributed by atoms with E-state index in [1.807, 2.05) is 65.6 Å². The highest BCUT2D eigenvalue weighted by Crippen LogP contribution is 2.34.